The predicted octanol–water partition coefficient (Wildman–Crippen LogP) is 9.67. The first-order valence-electron chi connectivity index (χ1n) is 20.5. The molecule has 0 aromatic heterocycles. The van der Waals surface area contributed by atoms with Crippen LogP contribution >= 0.6 is 0 Å². The maximum atomic E-state index is 2.68. The zero-order chi connectivity index (χ0) is 38.3. The minimum absolute atomic E-state index is 0.102. The molecule has 0 saturated carbocycles. The molecule has 2 nitrogen and oxygen atoms in total. The van der Waals surface area contributed by atoms with Crippen molar-refractivity contribution in [2.24, 2.45) is 0 Å². The van der Waals surface area contributed by atoms with Gasteiger partial charge in [0.1, 0.15) is 0 Å². The predicted molar refractivity (Wildman–Crippen MR) is 243 cm³/mol. The molecule has 4 aliphatic rings. The maximum absolute atomic E-state index is 2.68. The summed E-state index contributed by atoms with van der Waals surface area (Å²) in [5.74, 6) is 0. The van der Waals surface area contributed by atoms with E-state index in [1.807, 2.05) is 0 Å². The maximum Gasteiger partial charge on any atom is 0.247 e. The van der Waals surface area contributed by atoms with Crippen molar-refractivity contribution in [1.29, 1.82) is 0 Å². The Hall–Kier alpha value is -5.73. The molecule has 1 aliphatic carbocycles. The van der Waals surface area contributed by atoms with Crippen molar-refractivity contribution in [2.45, 2.75) is 68.2 Å². The Labute approximate surface area is 332 Å². The molecule has 0 bridgehead atoms. The van der Waals surface area contributed by atoms with Gasteiger partial charge in [0.15, 0.2) is 0 Å². The molecular weight excluding hydrogens is 674 g/mol. The van der Waals surface area contributed by atoms with Gasteiger partial charge in [-0.3, -0.25) is 0 Å². The number of nitrogens with zero attached hydrogens (tertiary/aromatic N) is 2. The molecule has 0 atom stereocenters. The van der Waals surface area contributed by atoms with Crippen LogP contribution < -0.4 is 37.1 Å². The summed E-state index contributed by atoms with van der Waals surface area (Å²) >= 11 is 0. The van der Waals surface area contributed by atoms with Crippen molar-refractivity contribution < 1.29 is 0 Å². The lowest BCUT2D eigenvalue weighted by Crippen LogP contribution is -2.61. The molecule has 0 amide bonds. The second kappa shape index (κ2) is 11.9. The van der Waals surface area contributed by atoms with Gasteiger partial charge in [0.25, 0.3) is 0 Å². The number of allylic oxidation sites excluding steroid dienone is 2. The summed E-state index contributed by atoms with van der Waals surface area (Å²) in [6, 6.07) is 40.7. The smallest absolute Gasteiger partial charge is 0.247 e. The van der Waals surface area contributed by atoms with E-state index in [0.29, 0.717) is 0 Å². The lowest BCUT2D eigenvalue weighted by molar-refractivity contribution is 0.905. The molecule has 56 heavy (non-hydrogen) atoms. The number of hydrogen-bond acceptors (Lipinski definition) is 2. The second-order valence-electron chi connectivity index (χ2n) is 17.4. The molecule has 7 aromatic rings. The van der Waals surface area contributed by atoms with E-state index >= 15 is 0 Å². The van der Waals surface area contributed by atoms with Gasteiger partial charge in [0, 0.05) is 11.4 Å². The molecule has 4 heteroatoms. The van der Waals surface area contributed by atoms with E-state index in [-0.39, 0.29) is 13.4 Å². The average Bonchev–Trinajstić information content (AvgIpc) is 3.15. The minimum Gasteiger partial charge on any atom is -0.308 e. The van der Waals surface area contributed by atoms with E-state index in [2.05, 4.69) is 174 Å². The summed E-state index contributed by atoms with van der Waals surface area (Å²) in [4.78, 5) is 5.36. The summed E-state index contributed by atoms with van der Waals surface area (Å²) in [5, 5.41) is 5.21. The SMILES string of the molecule is Cc1cc(C)c(B2C3=C4C(=CCC3)N3c5cc6ccc(C)cc6cc5B(c5c(C)cc(C)cc5C)c5cccc(c53)N4c3cc4ccc(C)cc4cc32)c(C)c1. The van der Waals surface area contributed by atoms with E-state index in [0.717, 1.165) is 12.8 Å². The monoisotopic (exact) mass is 720 g/mol. The fourth-order valence-corrected chi connectivity index (χ4v) is 11.4. The quantitative estimate of drug-likeness (QED) is 0.164. The van der Waals surface area contributed by atoms with Crippen LogP contribution in [0.15, 0.2) is 126 Å². The van der Waals surface area contributed by atoms with Crippen LogP contribution in [0.3, 0.4) is 0 Å². The van der Waals surface area contributed by atoms with E-state index in [1.165, 1.54) is 128 Å². The summed E-state index contributed by atoms with van der Waals surface area (Å²) < 4.78 is 0. The van der Waals surface area contributed by atoms with Gasteiger partial charge in [0.05, 0.1) is 22.8 Å². The lowest BCUT2D eigenvalue weighted by Gasteiger charge is -2.52. The number of hydrogen-bond donors (Lipinski definition) is 0. The third-order valence-corrected chi connectivity index (χ3v) is 13.4. The molecule has 7 aromatic carbocycles. The summed E-state index contributed by atoms with van der Waals surface area (Å²) in [6.45, 7) is 18.5. The molecule has 3 aliphatic heterocycles. The van der Waals surface area contributed by atoms with E-state index in [9.17, 15) is 0 Å². The molecular formula is C52H46B2N2. The molecule has 0 saturated heterocycles. The fourth-order valence-electron chi connectivity index (χ4n) is 11.4. The zero-order valence-electron chi connectivity index (χ0n) is 33.9. The number of benzene rings is 7. The van der Waals surface area contributed by atoms with Gasteiger partial charge in [0.2, 0.25) is 13.4 Å². The highest BCUT2D eigenvalue weighted by Crippen LogP contribution is 2.54. The molecule has 3 heterocycles. The Morgan fingerprint density at radius 2 is 0.982 bits per heavy atom. The van der Waals surface area contributed by atoms with Gasteiger partial charge in [-0.25, -0.2) is 0 Å². The van der Waals surface area contributed by atoms with E-state index in [4.69, 9.17) is 0 Å². The van der Waals surface area contributed by atoms with Crippen molar-refractivity contribution in [3.05, 3.63) is 171 Å². The first-order valence-corrected chi connectivity index (χ1v) is 20.5. The first-order chi connectivity index (χ1) is 27.0. The Kier molecular flexibility index (Phi) is 7.13. The average molecular weight is 721 g/mol. The standard InChI is InChI=1S/C52H46B2N2/c1-29-15-17-37-27-47-43(25-39(37)23-29)53(49-33(5)19-31(3)20-34(49)6)41-11-9-14-46-51(41)55(47)45-13-10-12-42-52(45)56(46)48-28-38-18-16-30(2)24-40(38)26-44(48)54(42)50-35(7)21-32(4)22-36(50)8/h9,11,13-28H,10,12H2,1-8H3. The Morgan fingerprint density at radius 1 is 0.446 bits per heavy atom. The third-order valence-electron chi connectivity index (χ3n) is 13.4. The van der Waals surface area contributed by atoms with E-state index in [1.54, 1.807) is 5.47 Å². The zero-order valence-corrected chi connectivity index (χ0v) is 33.9. The number of rotatable bonds is 2. The number of para-hydroxylation sites is 1. The molecule has 0 spiro atoms. The summed E-state index contributed by atoms with van der Waals surface area (Å²) in [6.07, 6.45) is 4.61. The first kappa shape index (κ1) is 33.6. The molecule has 270 valence electrons. The fraction of sp³-hybridized carbons (Fsp3) is 0.192. The number of aryl methyl sites for hydroxylation is 8. The Bertz CT molecular complexity index is 2940. The highest BCUT2D eigenvalue weighted by molar-refractivity contribution is 6.99. The van der Waals surface area contributed by atoms with Crippen LogP contribution in [0.25, 0.3) is 21.5 Å². The molecule has 0 unspecified atom stereocenters. The topological polar surface area (TPSA) is 6.48 Å². The highest BCUT2D eigenvalue weighted by atomic mass is 15.3. The van der Waals surface area contributed by atoms with Crippen molar-refractivity contribution in [2.75, 3.05) is 9.80 Å². The van der Waals surface area contributed by atoms with Gasteiger partial charge in [-0.15, -0.1) is 0 Å². The van der Waals surface area contributed by atoms with Crippen molar-refractivity contribution >= 4 is 85.0 Å². The van der Waals surface area contributed by atoms with Crippen LogP contribution in [-0.4, -0.2) is 13.4 Å². The molecule has 0 N–H and O–H groups in total. The van der Waals surface area contributed by atoms with E-state index < -0.39 is 0 Å². The number of fused-ring (bicyclic) bond motifs is 8. The lowest BCUT2D eigenvalue weighted by atomic mass is 9.32. The van der Waals surface area contributed by atoms with Gasteiger partial charge in [-0.2, -0.15) is 0 Å². The van der Waals surface area contributed by atoms with Crippen LogP contribution in [0.5, 0.6) is 0 Å². The van der Waals surface area contributed by atoms with Gasteiger partial charge in [-0.05, 0) is 124 Å². The molecule has 11 rings (SSSR count). The van der Waals surface area contributed by atoms with Crippen LogP contribution in [0.2, 0.25) is 0 Å². The van der Waals surface area contributed by atoms with Crippen molar-refractivity contribution in [3.8, 4) is 0 Å². The summed E-state index contributed by atoms with van der Waals surface area (Å²) in [5.41, 5.74) is 27.3. The van der Waals surface area contributed by atoms with Gasteiger partial charge in [-0.1, -0.05) is 152 Å². The van der Waals surface area contributed by atoms with Gasteiger partial charge < -0.3 is 9.80 Å². The van der Waals surface area contributed by atoms with Crippen molar-refractivity contribution in [1.82, 2.24) is 0 Å². The largest absolute Gasteiger partial charge is 0.308 e. The molecule has 0 radical (unpaired) electrons. The van der Waals surface area contributed by atoms with Crippen LogP contribution in [-0.2, 0) is 0 Å². The molecule has 0 fully saturated rings. The van der Waals surface area contributed by atoms with Crippen LogP contribution in [0.4, 0.5) is 22.7 Å². The highest BCUT2D eigenvalue weighted by Gasteiger charge is 2.49. The second-order valence-corrected chi connectivity index (χ2v) is 17.4. The number of anilines is 4. The van der Waals surface area contributed by atoms with Crippen molar-refractivity contribution in [3.63, 3.8) is 0 Å². The van der Waals surface area contributed by atoms with Crippen LogP contribution in [0, 0.1) is 55.4 Å². The van der Waals surface area contributed by atoms with Gasteiger partial charge >= 0.3 is 0 Å². The Balaban J connectivity index is 1.27. The Morgan fingerprint density at radius 3 is 1.57 bits per heavy atom. The minimum atomic E-state index is 0.102. The summed E-state index contributed by atoms with van der Waals surface area (Å²) in [7, 11) is 0. The van der Waals surface area contributed by atoms with Crippen LogP contribution in [0.1, 0.15) is 57.3 Å². The normalized spacial score (nSPS) is 15.2. The third kappa shape index (κ3) is 4.65.